The monoisotopic (exact) mass is 465 g/mol. The number of nitrogens with one attached hydrogen (secondary N) is 1. The summed E-state index contributed by atoms with van der Waals surface area (Å²) >= 11 is 3.02. The lowest BCUT2D eigenvalue weighted by Gasteiger charge is -2.18. The van der Waals surface area contributed by atoms with Crippen LogP contribution in [0.3, 0.4) is 0 Å². The van der Waals surface area contributed by atoms with Crippen molar-refractivity contribution >= 4 is 29.0 Å². The zero-order chi connectivity index (χ0) is 22.3. The van der Waals surface area contributed by atoms with Crippen molar-refractivity contribution in [2.24, 2.45) is 0 Å². The molecule has 4 rings (SSSR count). The molecule has 0 aliphatic carbocycles. The summed E-state index contributed by atoms with van der Waals surface area (Å²) in [5.74, 6) is 7.89. The molecular formula is C23H23N5O2S2. The van der Waals surface area contributed by atoms with Crippen LogP contribution in [0.4, 0.5) is 0 Å². The van der Waals surface area contributed by atoms with Crippen molar-refractivity contribution in [1.29, 1.82) is 0 Å². The lowest BCUT2D eigenvalue weighted by Crippen LogP contribution is -2.29. The molecule has 1 atom stereocenters. The molecule has 0 radical (unpaired) electrons. The lowest BCUT2D eigenvalue weighted by molar-refractivity contribution is -0.121. The number of aromatic nitrogens is 3. The van der Waals surface area contributed by atoms with Gasteiger partial charge in [0.15, 0.2) is 5.82 Å². The Hall–Kier alpha value is -3.30. The second-order valence-corrected chi connectivity index (χ2v) is 8.94. The summed E-state index contributed by atoms with van der Waals surface area (Å²) in [4.78, 5) is 13.8. The summed E-state index contributed by atoms with van der Waals surface area (Å²) in [6.45, 7) is 0. The molecule has 164 valence electrons. The Morgan fingerprint density at radius 1 is 1.12 bits per heavy atom. The van der Waals surface area contributed by atoms with Crippen molar-refractivity contribution in [2.75, 3.05) is 18.7 Å². The van der Waals surface area contributed by atoms with Crippen LogP contribution in [0.25, 0.3) is 11.4 Å². The van der Waals surface area contributed by atoms with E-state index in [4.69, 9.17) is 10.6 Å². The Labute approximate surface area is 194 Å². The van der Waals surface area contributed by atoms with E-state index in [0.717, 1.165) is 16.0 Å². The molecule has 3 N–H and O–H groups in total. The highest BCUT2D eigenvalue weighted by molar-refractivity contribution is 7.99. The molecule has 2 aromatic heterocycles. The third-order valence-corrected chi connectivity index (χ3v) is 6.72. The molecule has 4 aromatic rings. The third kappa shape index (κ3) is 4.95. The minimum atomic E-state index is -0.163. The molecule has 1 unspecified atom stereocenters. The molecule has 0 aliphatic rings. The number of methoxy groups -OCH3 is 1. The topological polar surface area (TPSA) is 95.1 Å². The average Bonchev–Trinajstić information content (AvgIpc) is 3.48. The molecule has 0 fully saturated rings. The maximum absolute atomic E-state index is 12.7. The number of nitrogens with zero attached hydrogens (tertiary/aromatic N) is 3. The first-order valence-corrected chi connectivity index (χ1v) is 11.9. The predicted octanol–water partition coefficient (Wildman–Crippen LogP) is 4.12. The number of nitrogen functional groups attached to an aromatic ring is 1. The molecule has 1 amide bonds. The zero-order valence-corrected chi connectivity index (χ0v) is 19.1. The van der Waals surface area contributed by atoms with Gasteiger partial charge in [0.05, 0.1) is 18.7 Å². The quantitative estimate of drug-likeness (QED) is 0.285. The van der Waals surface area contributed by atoms with Crippen molar-refractivity contribution in [2.45, 2.75) is 17.6 Å². The Morgan fingerprint density at radius 3 is 2.66 bits per heavy atom. The summed E-state index contributed by atoms with van der Waals surface area (Å²) in [5.41, 5.74) is 1.82. The van der Waals surface area contributed by atoms with Gasteiger partial charge in [-0.2, -0.15) is 0 Å². The minimum absolute atomic E-state index is 0.0345. The molecule has 32 heavy (non-hydrogen) atoms. The summed E-state index contributed by atoms with van der Waals surface area (Å²) in [6.07, 6.45) is 0.330. The smallest absolute Gasteiger partial charge is 0.221 e. The van der Waals surface area contributed by atoms with E-state index >= 15 is 0 Å². The zero-order valence-electron chi connectivity index (χ0n) is 17.5. The first-order chi connectivity index (χ1) is 15.7. The number of ether oxygens (including phenoxy) is 1. The van der Waals surface area contributed by atoms with Gasteiger partial charge in [-0.1, -0.05) is 60.3 Å². The predicted molar refractivity (Wildman–Crippen MR) is 128 cm³/mol. The standard InChI is InChI=1S/C23H23N5O2S2/c1-30-18-11-6-5-10-17(18)22-26-27-23(28(22)24)32-15-13-20(29)25-21(19-12-7-14-31-19)16-8-3-2-4-9-16/h2-12,14,21H,13,15,24H2,1H3,(H,25,29). The van der Waals surface area contributed by atoms with E-state index in [1.807, 2.05) is 72.1 Å². The molecule has 9 heteroatoms. The van der Waals surface area contributed by atoms with E-state index < -0.39 is 0 Å². The van der Waals surface area contributed by atoms with Gasteiger partial charge < -0.3 is 15.9 Å². The van der Waals surface area contributed by atoms with Gasteiger partial charge in [-0.15, -0.1) is 21.5 Å². The average molecular weight is 466 g/mol. The van der Waals surface area contributed by atoms with Crippen molar-refractivity contribution in [1.82, 2.24) is 20.2 Å². The lowest BCUT2D eigenvalue weighted by atomic mass is 10.1. The van der Waals surface area contributed by atoms with E-state index in [0.29, 0.717) is 28.9 Å². The number of thioether (sulfide) groups is 1. The second kappa shape index (κ2) is 10.3. The molecule has 0 bridgehead atoms. The fourth-order valence-corrected chi connectivity index (χ4v) is 4.87. The Kier molecular flexibility index (Phi) is 7.08. The van der Waals surface area contributed by atoms with Crippen LogP contribution in [0.2, 0.25) is 0 Å². The minimum Gasteiger partial charge on any atom is -0.496 e. The third-order valence-electron chi connectivity index (χ3n) is 4.84. The van der Waals surface area contributed by atoms with Gasteiger partial charge in [-0.05, 0) is 29.1 Å². The molecule has 0 spiro atoms. The summed E-state index contributed by atoms with van der Waals surface area (Å²) in [6, 6.07) is 21.3. The van der Waals surface area contributed by atoms with Crippen LogP contribution >= 0.6 is 23.1 Å². The second-order valence-electron chi connectivity index (χ2n) is 6.90. The van der Waals surface area contributed by atoms with Crippen molar-refractivity contribution < 1.29 is 9.53 Å². The highest BCUT2D eigenvalue weighted by Crippen LogP contribution is 2.30. The van der Waals surface area contributed by atoms with Gasteiger partial charge in [0.2, 0.25) is 11.1 Å². The van der Waals surface area contributed by atoms with E-state index in [1.165, 1.54) is 16.4 Å². The Bertz CT molecular complexity index is 1160. The van der Waals surface area contributed by atoms with Gasteiger partial charge in [0.1, 0.15) is 5.75 Å². The van der Waals surface area contributed by atoms with Gasteiger partial charge in [-0.25, -0.2) is 4.68 Å². The van der Waals surface area contributed by atoms with E-state index in [1.54, 1.807) is 18.4 Å². The van der Waals surface area contributed by atoms with E-state index in [2.05, 4.69) is 15.5 Å². The highest BCUT2D eigenvalue weighted by atomic mass is 32.2. The number of carbonyl (C=O) groups excluding carboxylic acids is 1. The van der Waals surface area contributed by atoms with Crippen LogP contribution in [0.1, 0.15) is 22.9 Å². The fraction of sp³-hybridized carbons (Fsp3) is 0.174. The van der Waals surface area contributed by atoms with Crippen molar-refractivity contribution in [3.63, 3.8) is 0 Å². The maximum Gasteiger partial charge on any atom is 0.221 e. The van der Waals surface area contributed by atoms with E-state index in [-0.39, 0.29) is 11.9 Å². The van der Waals surface area contributed by atoms with Crippen LogP contribution in [0, 0.1) is 0 Å². The first-order valence-electron chi connectivity index (χ1n) is 10.0. The van der Waals surface area contributed by atoms with Crippen molar-refractivity contribution in [3.8, 4) is 17.1 Å². The van der Waals surface area contributed by atoms with Gasteiger partial charge in [0.25, 0.3) is 0 Å². The van der Waals surface area contributed by atoms with E-state index in [9.17, 15) is 4.79 Å². The number of amides is 1. The molecule has 0 aliphatic heterocycles. The molecule has 0 saturated heterocycles. The molecule has 2 heterocycles. The number of carbonyl (C=O) groups is 1. The molecular weight excluding hydrogens is 442 g/mol. The number of nitrogens with two attached hydrogens (primary N) is 1. The number of para-hydroxylation sites is 1. The molecule has 7 nitrogen and oxygen atoms in total. The highest BCUT2D eigenvalue weighted by Gasteiger charge is 2.19. The number of rotatable bonds is 9. The largest absolute Gasteiger partial charge is 0.496 e. The molecule has 0 saturated carbocycles. The van der Waals surface area contributed by atoms with Crippen LogP contribution in [-0.2, 0) is 4.79 Å². The number of benzene rings is 2. The number of hydrogen-bond donors (Lipinski definition) is 2. The van der Waals surface area contributed by atoms with Gasteiger partial charge in [-0.3, -0.25) is 4.79 Å². The van der Waals surface area contributed by atoms with Crippen LogP contribution in [0.5, 0.6) is 5.75 Å². The van der Waals surface area contributed by atoms with Crippen LogP contribution < -0.4 is 15.9 Å². The molecule has 2 aromatic carbocycles. The summed E-state index contributed by atoms with van der Waals surface area (Å²) < 4.78 is 6.81. The van der Waals surface area contributed by atoms with Gasteiger partial charge in [0, 0.05) is 17.1 Å². The van der Waals surface area contributed by atoms with Gasteiger partial charge >= 0.3 is 0 Å². The maximum atomic E-state index is 12.7. The SMILES string of the molecule is COc1ccccc1-c1nnc(SCCC(=O)NC(c2ccccc2)c2cccs2)n1N. The summed E-state index contributed by atoms with van der Waals surface area (Å²) in [5, 5.41) is 14.1. The van der Waals surface area contributed by atoms with Crippen LogP contribution in [-0.4, -0.2) is 33.6 Å². The summed E-state index contributed by atoms with van der Waals surface area (Å²) in [7, 11) is 1.60. The fourth-order valence-electron chi connectivity index (χ4n) is 3.28. The Morgan fingerprint density at radius 2 is 1.91 bits per heavy atom. The van der Waals surface area contributed by atoms with Crippen molar-refractivity contribution in [3.05, 3.63) is 82.6 Å². The Balaban J connectivity index is 1.38. The first kappa shape index (κ1) is 21.9. The number of thiophene rings is 1. The van der Waals surface area contributed by atoms with Crippen LogP contribution in [0.15, 0.2) is 77.3 Å². The number of hydrogen-bond acceptors (Lipinski definition) is 7. The normalized spacial score (nSPS) is 11.8.